The van der Waals surface area contributed by atoms with Gasteiger partial charge in [0.25, 0.3) is 0 Å². The number of hydrogen-bond acceptors (Lipinski definition) is 2. The summed E-state index contributed by atoms with van der Waals surface area (Å²) < 4.78 is 0. The van der Waals surface area contributed by atoms with E-state index in [9.17, 15) is 0 Å². The summed E-state index contributed by atoms with van der Waals surface area (Å²) in [6, 6.07) is 0.408. The summed E-state index contributed by atoms with van der Waals surface area (Å²) in [5.74, 6) is 0.644. The smallest absolute Gasteiger partial charge is 0.0181 e. The number of nitrogens with two attached hydrogens (primary N) is 2. The summed E-state index contributed by atoms with van der Waals surface area (Å²) in [6.07, 6.45) is 5.64. The van der Waals surface area contributed by atoms with E-state index in [4.69, 9.17) is 11.5 Å². The SMILES string of the molecule is CCC(C)C1(N)CCC(N)CC1. The van der Waals surface area contributed by atoms with Crippen LogP contribution in [0.3, 0.4) is 0 Å². The highest BCUT2D eigenvalue weighted by atomic mass is 14.8. The van der Waals surface area contributed by atoms with Gasteiger partial charge in [-0.15, -0.1) is 0 Å². The fraction of sp³-hybridized carbons (Fsp3) is 1.00. The van der Waals surface area contributed by atoms with Crippen molar-refractivity contribution < 1.29 is 0 Å². The molecule has 1 saturated carbocycles. The van der Waals surface area contributed by atoms with Crippen LogP contribution in [0.15, 0.2) is 0 Å². The van der Waals surface area contributed by atoms with Crippen LogP contribution in [0.2, 0.25) is 0 Å². The maximum Gasteiger partial charge on any atom is 0.0181 e. The minimum atomic E-state index is 0.0879. The molecule has 1 fully saturated rings. The van der Waals surface area contributed by atoms with Gasteiger partial charge in [-0.25, -0.2) is 0 Å². The van der Waals surface area contributed by atoms with Crippen LogP contribution in [0.1, 0.15) is 46.0 Å². The van der Waals surface area contributed by atoms with Gasteiger partial charge >= 0.3 is 0 Å². The molecule has 0 aromatic carbocycles. The molecular formula is C10H22N2. The molecule has 1 aliphatic carbocycles. The zero-order chi connectivity index (χ0) is 9.19. The largest absolute Gasteiger partial charge is 0.328 e. The van der Waals surface area contributed by atoms with Gasteiger partial charge in [-0.3, -0.25) is 0 Å². The van der Waals surface area contributed by atoms with E-state index in [0.717, 1.165) is 25.7 Å². The molecule has 0 radical (unpaired) electrons. The van der Waals surface area contributed by atoms with Crippen LogP contribution in [0.4, 0.5) is 0 Å². The molecule has 2 nitrogen and oxygen atoms in total. The summed E-state index contributed by atoms with van der Waals surface area (Å²) in [5, 5.41) is 0. The molecule has 12 heavy (non-hydrogen) atoms. The Balaban J connectivity index is 2.49. The molecule has 0 aromatic rings. The summed E-state index contributed by atoms with van der Waals surface area (Å²) in [6.45, 7) is 4.48. The van der Waals surface area contributed by atoms with Crippen LogP contribution in [-0.4, -0.2) is 11.6 Å². The van der Waals surface area contributed by atoms with E-state index in [1.807, 2.05) is 0 Å². The van der Waals surface area contributed by atoms with Crippen molar-refractivity contribution in [3.05, 3.63) is 0 Å². The molecular weight excluding hydrogens is 148 g/mol. The monoisotopic (exact) mass is 170 g/mol. The lowest BCUT2D eigenvalue weighted by atomic mass is 9.72. The molecule has 1 atom stereocenters. The van der Waals surface area contributed by atoms with Crippen LogP contribution in [0.25, 0.3) is 0 Å². The average Bonchev–Trinajstić information content (AvgIpc) is 2.09. The second-order valence-electron chi connectivity index (χ2n) is 4.38. The molecule has 1 unspecified atom stereocenters. The predicted octanol–water partition coefficient (Wildman–Crippen LogP) is 1.63. The third-order valence-electron chi connectivity index (χ3n) is 3.55. The second-order valence-corrected chi connectivity index (χ2v) is 4.38. The van der Waals surface area contributed by atoms with E-state index >= 15 is 0 Å². The van der Waals surface area contributed by atoms with Crippen molar-refractivity contribution in [3.8, 4) is 0 Å². The van der Waals surface area contributed by atoms with Gasteiger partial charge in [0.1, 0.15) is 0 Å². The van der Waals surface area contributed by atoms with Crippen LogP contribution >= 0.6 is 0 Å². The lowest BCUT2D eigenvalue weighted by molar-refractivity contribution is 0.192. The van der Waals surface area contributed by atoms with Crippen LogP contribution in [-0.2, 0) is 0 Å². The number of hydrogen-bond donors (Lipinski definition) is 2. The van der Waals surface area contributed by atoms with Crippen molar-refractivity contribution >= 4 is 0 Å². The van der Waals surface area contributed by atoms with Gasteiger partial charge in [0, 0.05) is 11.6 Å². The average molecular weight is 170 g/mol. The van der Waals surface area contributed by atoms with E-state index in [1.165, 1.54) is 6.42 Å². The number of rotatable bonds is 2. The van der Waals surface area contributed by atoms with Gasteiger partial charge in [0.15, 0.2) is 0 Å². The van der Waals surface area contributed by atoms with E-state index in [1.54, 1.807) is 0 Å². The van der Waals surface area contributed by atoms with Crippen LogP contribution in [0, 0.1) is 5.92 Å². The van der Waals surface area contributed by atoms with Gasteiger partial charge in [0.2, 0.25) is 0 Å². The van der Waals surface area contributed by atoms with Crippen molar-refractivity contribution in [2.75, 3.05) is 0 Å². The molecule has 4 N–H and O–H groups in total. The molecule has 0 saturated heterocycles. The maximum absolute atomic E-state index is 6.32. The first kappa shape index (κ1) is 10.0. The molecule has 2 heteroatoms. The molecule has 72 valence electrons. The Morgan fingerprint density at radius 3 is 2.33 bits per heavy atom. The standard InChI is InChI=1S/C10H22N2/c1-3-8(2)10(12)6-4-9(11)5-7-10/h8-9H,3-7,11-12H2,1-2H3. The molecule has 0 heterocycles. The molecule has 0 amide bonds. The Hall–Kier alpha value is -0.0800. The molecule has 0 bridgehead atoms. The lowest BCUT2D eigenvalue weighted by Crippen LogP contribution is -2.50. The topological polar surface area (TPSA) is 52.0 Å². The normalized spacial score (nSPS) is 39.5. The fourth-order valence-corrected chi connectivity index (χ4v) is 2.08. The van der Waals surface area contributed by atoms with Gasteiger partial charge < -0.3 is 11.5 Å². The minimum Gasteiger partial charge on any atom is -0.328 e. The molecule has 0 aromatic heterocycles. The zero-order valence-corrected chi connectivity index (χ0v) is 8.34. The molecule has 1 rings (SSSR count). The fourth-order valence-electron chi connectivity index (χ4n) is 2.08. The zero-order valence-electron chi connectivity index (χ0n) is 8.34. The van der Waals surface area contributed by atoms with Crippen molar-refractivity contribution in [2.45, 2.75) is 57.5 Å². The summed E-state index contributed by atoms with van der Waals surface area (Å²) in [5.41, 5.74) is 12.2. The predicted molar refractivity (Wildman–Crippen MR) is 52.8 cm³/mol. The van der Waals surface area contributed by atoms with E-state index in [2.05, 4.69) is 13.8 Å². The Bertz CT molecular complexity index is 137. The Morgan fingerprint density at radius 1 is 1.42 bits per heavy atom. The van der Waals surface area contributed by atoms with Crippen molar-refractivity contribution in [2.24, 2.45) is 17.4 Å². The van der Waals surface area contributed by atoms with E-state index in [0.29, 0.717) is 12.0 Å². The van der Waals surface area contributed by atoms with Crippen molar-refractivity contribution in [1.29, 1.82) is 0 Å². The van der Waals surface area contributed by atoms with Gasteiger partial charge in [-0.2, -0.15) is 0 Å². The minimum absolute atomic E-state index is 0.0879. The van der Waals surface area contributed by atoms with Gasteiger partial charge in [-0.1, -0.05) is 20.3 Å². The summed E-state index contributed by atoms with van der Waals surface area (Å²) in [4.78, 5) is 0. The summed E-state index contributed by atoms with van der Waals surface area (Å²) >= 11 is 0. The molecule has 0 aliphatic heterocycles. The highest BCUT2D eigenvalue weighted by Crippen LogP contribution is 2.32. The third-order valence-corrected chi connectivity index (χ3v) is 3.55. The Morgan fingerprint density at radius 2 is 1.92 bits per heavy atom. The van der Waals surface area contributed by atoms with E-state index in [-0.39, 0.29) is 5.54 Å². The summed E-state index contributed by atoms with van der Waals surface area (Å²) in [7, 11) is 0. The molecule has 1 aliphatic rings. The third kappa shape index (κ3) is 1.99. The highest BCUT2D eigenvalue weighted by Gasteiger charge is 2.34. The van der Waals surface area contributed by atoms with Gasteiger partial charge in [0.05, 0.1) is 0 Å². The first-order chi connectivity index (χ1) is 5.58. The first-order valence-electron chi connectivity index (χ1n) is 5.13. The lowest BCUT2D eigenvalue weighted by Gasteiger charge is -2.40. The van der Waals surface area contributed by atoms with Gasteiger partial charge in [-0.05, 0) is 31.6 Å². The molecule has 0 spiro atoms. The quantitative estimate of drug-likeness (QED) is 0.662. The van der Waals surface area contributed by atoms with Crippen molar-refractivity contribution in [1.82, 2.24) is 0 Å². The maximum atomic E-state index is 6.32. The highest BCUT2D eigenvalue weighted by molar-refractivity contribution is 4.94. The second kappa shape index (κ2) is 3.75. The van der Waals surface area contributed by atoms with Crippen LogP contribution < -0.4 is 11.5 Å². The van der Waals surface area contributed by atoms with E-state index < -0.39 is 0 Å². The first-order valence-corrected chi connectivity index (χ1v) is 5.13. The Kier molecular flexibility index (Phi) is 3.13. The van der Waals surface area contributed by atoms with Crippen LogP contribution in [0.5, 0.6) is 0 Å². The van der Waals surface area contributed by atoms with Crippen molar-refractivity contribution in [3.63, 3.8) is 0 Å². The Labute approximate surface area is 75.7 Å².